The molecule has 2 atom stereocenters. The molecule has 0 aromatic heterocycles. The first kappa shape index (κ1) is 32.0. The van der Waals surface area contributed by atoms with Crippen molar-refractivity contribution >= 4 is 18.0 Å². The number of imide groups is 1. The lowest BCUT2D eigenvalue weighted by atomic mass is 9.80. The molecule has 0 unspecified atom stereocenters. The minimum atomic E-state index is -1.41. The number of nitrogens with one attached hydrogen (secondary N) is 2. The van der Waals surface area contributed by atoms with E-state index in [0.29, 0.717) is 25.1 Å². The average Bonchev–Trinajstić information content (AvgIpc) is 3.50. The van der Waals surface area contributed by atoms with Crippen LogP contribution in [0.1, 0.15) is 60.8 Å². The Morgan fingerprint density at radius 1 is 1.04 bits per heavy atom. The van der Waals surface area contributed by atoms with Crippen LogP contribution >= 0.6 is 0 Å². The number of amides is 4. The Bertz CT molecular complexity index is 1550. The molecule has 2 aromatic carbocycles. The van der Waals surface area contributed by atoms with Gasteiger partial charge < -0.3 is 20.1 Å². The van der Waals surface area contributed by atoms with E-state index >= 15 is 0 Å². The number of nitriles is 1. The van der Waals surface area contributed by atoms with E-state index < -0.39 is 41.5 Å². The van der Waals surface area contributed by atoms with Gasteiger partial charge in [-0.15, -0.1) is 0 Å². The molecule has 1 aliphatic carbocycles. The lowest BCUT2D eigenvalue weighted by Crippen LogP contribution is -2.56. The van der Waals surface area contributed by atoms with Crippen LogP contribution in [0, 0.1) is 28.8 Å². The quantitative estimate of drug-likeness (QED) is 0.430. The number of carbonyl (C=O) groups excluding carboxylic acids is 3. The Morgan fingerprint density at radius 3 is 2.47 bits per heavy atom. The topological polar surface area (TPSA) is 124 Å². The third kappa shape index (κ3) is 6.67. The van der Waals surface area contributed by atoms with Gasteiger partial charge >= 0.3 is 18.0 Å². The zero-order valence-corrected chi connectivity index (χ0v) is 24.9. The molecule has 4 amide bonds. The van der Waals surface area contributed by atoms with Gasteiger partial charge in [0, 0.05) is 32.3 Å². The van der Waals surface area contributed by atoms with E-state index in [1.54, 1.807) is 6.07 Å². The molecule has 238 valence electrons. The maximum atomic E-state index is 14.4. The van der Waals surface area contributed by atoms with Gasteiger partial charge in [-0.2, -0.15) is 5.26 Å². The number of likely N-dealkylation sites (tertiary alicyclic amines) is 1. The second-order valence-electron chi connectivity index (χ2n) is 11.5. The lowest BCUT2D eigenvalue weighted by Gasteiger charge is -2.37. The molecule has 2 N–H and O–H groups in total. The number of urea groups is 2. The Morgan fingerprint density at radius 2 is 1.80 bits per heavy atom. The summed E-state index contributed by atoms with van der Waals surface area (Å²) in [7, 11) is 2.48. The number of esters is 1. The molecule has 0 spiro atoms. The highest BCUT2D eigenvalue weighted by molar-refractivity contribution is 6.01. The molecular weight excluding hydrogens is 591 g/mol. The second-order valence-corrected chi connectivity index (χ2v) is 11.5. The van der Waals surface area contributed by atoms with Crippen LogP contribution in [0.5, 0.6) is 0 Å². The minimum absolute atomic E-state index is 0.00146. The van der Waals surface area contributed by atoms with Crippen molar-refractivity contribution in [2.45, 2.75) is 56.1 Å². The number of carbonyl (C=O) groups is 3. The standard InChI is InChI=1S/C32H34F3N5O5/c1-44-17-27-28(30(41)45-2)29(19-5-10-25(34)26(35)14-19)40(32(43)38-27)31(42)37-22-11-12-39(16-22)23-7-3-18(4-8-23)24-9-6-21(33)13-20(24)15-36/h5-6,9-10,13-14,18,22-23,29H,3-4,7-8,11-12,16-17H2,1-2H3,(H,37,42)(H,38,43)/t18?,22-,23?,29+/m1/s1. The van der Waals surface area contributed by atoms with E-state index in [1.807, 2.05) is 0 Å². The maximum absolute atomic E-state index is 14.4. The van der Waals surface area contributed by atoms with Crippen LogP contribution in [-0.4, -0.2) is 73.8 Å². The Balaban J connectivity index is 1.29. The predicted molar refractivity (Wildman–Crippen MR) is 155 cm³/mol. The summed E-state index contributed by atoms with van der Waals surface area (Å²) >= 11 is 0. The minimum Gasteiger partial charge on any atom is -0.466 e. The lowest BCUT2D eigenvalue weighted by molar-refractivity contribution is -0.137. The molecule has 0 radical (unpaired) electrons. The number of rotatable bonds is 7. The Labute approximate surface area is 258 Å². The van der Waals surface area contributed by atoms with Crippen molar-refractivity contribution in [1.29, 1.82) is 5.26 Å². The van der Waals surface area contributed by atoms with Gasteiger partial charge in [-0.1, -0.05) is 12.1 Å². The molecule has 2 fully saturated rings. The van der Waals surface area contributed by atoms with Gasteiger partial charge in [0.05, 0.1) is 36.6 Å². The molecule has 13 heteroatoms. The van der Waals surface area contributed by atoms with Crippen LogP contribution in [0.25, 0.3) is 0 Å². The molecule has 2 aliphatic heterocycles. The summed E-state index contributed by atoms with van der Waals surface area (Å²) in [4.78, 5) is 43.0. The van der Waals surface area contributed by atoms with Gasteiger partial charge in [-0.3, -0.25) is 4.90 Å². The van der Waals surface area contributed by atoms with Crippen molar-refractivity contribution in [2.75, 3.05) is 33.9 Å². The van der Waals surface area contributed by atoms with Gasteiger partial charge in [0.1, 0.15) is 11.9 Å². The number of halogens is 3. The fourth-order valence-corrected chi connectivity index (χ4v) is 6.69. The number of hydrogen-bond acceptors (Lipinski definition) is 7. The van der Waals surface area contributed by atoms with Gasteiger partial charge in [0.2, 0.25) is 0 Å². The summed E-state index contributed by atoms with van der Waals surface area (Å²) in [5.41, 5.74) is 1.13. The van der Waals surface area contributed by atoms with E-state index in [4.69, 9.17) is 9.47 Å². The zero-order chi connectivity index (χ0) is 32.2. The van der Waals surface area contributed by atoms with Crippen molar-refractivity contribution in [1.82, 2.24) is 20.4 Å². The second kappa shape index (κ2) is 13.7. The number of hydrogen-bond donors (Lipinski definition) is 2. The van der Waals surface area contributed by atoms with Crippen LogP contribution < -0.4 is 10.6 Å². The molecule has 5 rings (SSSR count). The van der Waals surface area contributed by atoms with Crippen molar-refractivity contribution in [3.05, 3.63) is 81.8 Å². The number of methoxy groups -OCH3 is 2. The normalized spacial score (nSPS) is 23.8. The summed E-state index contributed by atoms with van der Waals surface area (Å²) in [5, 5.41) is 14.9. The molecule has 0 bridgehead atoms. The first-order chi connectivity index (χ1) is 21.6. The van der Waals surface area contributed by atoms with Crippen molar-refractivity contribution in [3.63, 3.8) is 0 Å². The maximum Gasteiger partial charge on any atom is 0.338 e. The molecule has 45 heavy (non-hydrogen) atoms. The number of benzene rings is 2. The van der Waals surface area contributed by atoms with Crippen LogP contribution in [0.2, 0.25) is 0 Å². The zero-order valence-electron chi connectivity index (χ0n) is 24.9. The fraction of sp³-hybridized carbons (Fsp3) is 0.438. The van der Waals surface area contributed by atoms with Crippen LogP contribution in [-0.2, 0) is 14.3 Å². The molecular formula is C32H34F3N5O5. The van der Waals surface area contributed by atoms with Crippen molar-refractivity contribution in [2.24, 2.45) is 0 Å². The van der Waals surface area contributed by atoms with E-state index in [-0.39, 0.29) is 41.4 Å². The summed E-state index contributed by atoms with van der Waals surface area (Å²) in [6.45, 7) is 1.04. The fourth-order valence-electron chi connectivity index (χ4n) is 6.69. The molecule has 1 saturated carbocycles. The molecule has 2 heterocycles. The monoisotopic (exact) mass is 625 g/mol. The SMILES string of the molecule is COCC1=C(C(=O)OC)[C@H](c2ccc(F)c(F)c2)N(C(=O)N[C@@H]2CCN(C3CCC(c4ccc(F)cc4C#N)CC3)C2)C(=O)N1. The van der Waals surface area contributed by atoms with Crippen LogP contribution in [0.3, 0.4) is 0 Å². The number of ether oxygens (including phenoxy) is 2. The first-order valence-corrected chi connectivity index (χ1v) is 14.7. The molecule has 2 aromatic rings. The predicted octanol–water partition coefficient (Wildman–Crippen LogP) is 4.63. The van der Waals surface area contributed by atoms with E-state index in [1.165, 1.54) is 25.3 Å². The van der Waals surface area contributed by atoms with Gasteiger partial charge in [-0.05, 0) is 73.4 Å². The van der Waals surface area contributed by atoms with Gasteiger partial charge in [-0.25, -0.2) is 32.5 Å². The summed E-state index contributed by atoms with van der Waals surface area (Å²) in [5.74, 6) is -3.47. The third-order valence-electron chi connectivity index (χ3n) is 8.84. The van der Waals surface area contributed by atoms with Crippen LogP contribution in [0.15, 0.2) is 47.7 Å². The smallest absolute Gasteiger partial charge is 0.338 e. The third-order valence-corrected chi connectivity index (χ3v) is 8.84. The molecule has 3 aliphatic rings. The largest absolute Gasteiger partial charge is 0.466 e. The highest BCUT2D eigenvalue weighted by Crippen LogP contribution is 2.38. The van der Waals surface area contributed by atoms with Crippen LogP contribution in [0.4, 0.5) is 22.8 Å². The summed E-state index contributed by atoms with van der Waals surface area (Å²) < 4.78 is 51.9. The van der Waals surface area contributed by atoms with Crippen molar-refractivity contribution < 1.29 is 37.0 Å². The van der Waals surface area contributed by atoms with E-state index in [0.717, 1.165) is 55.4 Å². The highest BCUT2D eigenvalue weighted by Gasteiger charge is 2.44. The Hall–Kier alpha value is -4.41. The molecule has 1 saturated heterocycles. The van der Waals surface area contributed by atoms with E-state index in [9.17, 15) is 32.8 Å². The first-order valence-electron chi connectivity index (χ1n) is 14.7. The summed E-state index contributed by atoms with van der Waals surface area (Å²) in [6.07, 6.45) is 4.04. The van der Waals surface area contributed by atoms with Gasteiger partial charge in [0.25, 0.3) is 0 Å². The highest BCUT2D eigenvalue weighted by atomic mass is 19.2. The Kier molecular flexibility index (Phi) is 9.74. The molecule has 10 nitrogen and oxygen atoms in total. The number of nitrogens with zero attached hydrogens (tertiary/aromatic N) is 3. The van der Waals surface area contributed by atoms with Gasteiger partial charge in [0.15, 0.2) is 11.6 Å². The average molecular weight is 626 g/mol. The summed E-state index contributed by atoms with van der Waals surface area (Å²) in [6, 6.07) is 6.21. The van der Waals surface area contributed by atoms with E-state index in [2.05, 4.69) is 21.6 Å². The van der Waals surface area contributed by atoms with Crippen molar-refractivity contribution in [3.8, 4) is 6.07 Å².